The number of aromatic nitrogens is 1. The van der Waals surface area contributed by atoms with Gasteiger partial charge >= 0.3 is 6.18 Å². The Bertz CT molecular complexity index is 656. The second kappa shape index (κ2) is 5.81. The first-order valence-corrected chi connectivity index (χ1v) is 6.47. The fourth-order valence-electron chi connectivity index (χ4n) is 1.70. The van der Waals surface area contributed by atoms with Gasteiger partial charge in [0.15, 0.2) is 0 Å². The summed E-state index contributed by atoms with van der Waals surface area (Å²) in [6, 6.07) is 7.04. The Labute approximate surface area is 125 Å². The summed E-state index contributed by atoms with van der Waals surface area (Å²) in [6.07, 6.45) is -4.43. The van der Waals surface area contributed by atoms with Crippen molar-refractivity contribution >= 4 is 28.9 Å². The molecule has 0 aliphatic heterocycles. The summed E-state index contributed by atoms with van der Waals surface area (Å²) in [4.78, 5) is 4.05. The second-order valence-corrected chi connectivity index (χ2v) is 4.87. The molecule has 0 aliphatic carbocycles. The molecule has 0 aliphatic rings. The van der Waals surface area contributed by atoms with E-state index in [2.05, 4.69) is 15.6 Å². The van der Waals surface area contributed by atoms with Crippen LogP contribution in [0.1, 0.15) is 11.1 Å². The van der Waals surface area contributed by atoms with Crippen LogP contribution in [0.15, 0.2) is 30.3 Å². The SMILES string of the molecule is CNc1cc(C(F)(F)F)cc(Nc2ccc(C)c(Cl)c2)n1. The number of anilines is 3. The highest BCUT2D eigenvalue weighted by atomic mass is 35.5. The van der Waals surface area contributed by atoms with Crippen molar-refractivity contribution in [3.05, 3.63) is 46.5 Å². The van der Waals surface area contributed by atoms with Gasteiger partial charge in [-0.25, -0.2) is 4.98 Å². The third kappa shape index (κ3) is 3.78. The van der Waals surface area contributed by atoms with Gasteiger partial charge in [-0.1, -0.05) is 17.7 Å². The lowest BCUT2D eigenvalue weighted by Crippen LogP contribution is -2.08. The van der Waals surface area contributed by atoms with Gasteiger partial charge in [0.1, 0.15) is 11.6 Å². The maximum Gasteiger partial charge on any atom is 0.416 e. The molecule has 0 amide bonds. The molecule has 1 heterocycles. The number of halogens is 4. The van der Waals surface area contributed by atoms with E-state index >= 15 is 0 Å². The molecule has 3 nitrogen and oxygen atoms in total. The van der Waals surface area contributed by atoms with Gasteiger partial charge in [-0.15, -0.1) is 0 Å². The highest BCUT2D eigenvalue weighted by Crippen LogP contribution is 2.33. The van der Waals surface area contributed by atoms with Crippen LogP contribution in [0.3, 0.4) is 0 Å². The largest absolute Gasteiger partial charge is 0.416 e. The summed E-state index contributed by atoms with van der Waals surface area (Å²) in [5.41, 5.74) is 0.678. The lowest BCUT2D eigenvalue weighted by molar-refractivity contribution is -0.137. The first-order valence-electron chi connectivity index (χ1n) is 6.10. The van der Waals surface area contributed by atoms with Crippen molar-refractivity contribution in [3.63, 3.8) is 0 Å². The molecule has 1 aromatic carbocycles. The van der Waals surface area contributed by atoms with Crippen LogP contribution in [0.2, 0.25) is 5.02 Å². The van der Waals surface area contributed by atoms with E-state index < -0.39 is 11.7 Å². The number of nitrogens with zero attached hydrogens (tertiary/aromatic N) is 1. The Morgan fingerprint density at radius 3 is 2.33 bits per heavy atom. The third-order valence-corrected chi connectivity index (χ3v) is 3.26. The van der Waals surface area contributed by atoms with E-state index in [0.29, 0.717) is 10.7 Å². The molecule has 7 heteroatoms. The third-order valence-electron chi connectivity index (χ3n) is 2.85. The quantitative estimate of drug-likeness (QED) is 0.850. The number of alkyl halides is 3. The van der Waals surface area contributed by atoms with E-state index in [1.807, 2.05) is 6.92 Å². The maximum atomic E-state index is 12.8. The topological polar surface area (TPSA) is 37.0 Å². The standard InChI is InChI=1S/C14H13ClF3N3/c1-8-3-4-10(7-11(8)15)20-13-6-9(14(16,17)18)5-12(19-2)21-13/h3-7H,1-2H3,(H2,19,20,21). The van der Waals surface area contributed by atoms with Crippen LogP contribution in [0.25, 0.3) is 0 Å². The molecule has 1 aromatic heterocycles. The van der Waals surface area contributed by atoms with Crippen LogP contribution in [-0.4, -0.2) is 12.0 Å². The summed E-state index contributed by atoms with van der Waals surface area (Å²) in [7, 11) is 1.51. The van der Waals surface area contributed by atoms with Gasteiger partial charge in [-0.05, 0) is 36.8 Å². The van der Waals surface area contributed by atoms with E-state index in [9.17, 15) is 13.2 Å². The van der Waals surface area contributed by atoms with E-state index in [-0.39, 0.29) is 11.6 Å². The predicted molar refractivity (Wildman–Crippen MR) is 78.3 cm³/mol. The second-order valence-electron chi connectivity index (χ2n) is 4.46. The number of rotatable bonds is 3. The fraction of sp³-hybridized carbons (Fsp3) is 0.214. The lowest BCUT2D eigenvalue weighted by Gasteiger charge is -2.13. The van der Waals surface area contributed by atoms with Crippen molar-refractivity contribution in [2.45, 2.75) is 13.1 Å². The van der Waals surface area contributed by atoms with Crippen LogP contribution in [-0.2, 0) is 6.18 Å². The van der Waals surface area contributed by atoms with Gasteiger partial charge in [0.05, 0.1) is 5.56 Å². The van der Waals surface area contributed by atoms with Crippen molar-refractivity contribution in [2.24, 2.45) is 0 Å². The average Bonchev–Trinajstić information content (AvgIpc) is 2.41. The normalized spacial score (nSPS) is 11.3. The molecule has 21 heavy (non-hydrogen) atoms. The van der Waals surface area contributed by atoms with Gasteiger partial charge in [0, 0.05) is 17.8 Å². The summed E-state index contributed by atoms with van der Waals surface area (Å²) in [5, 5.41) is 5.96. The molecule has 2 rings (SSSR count). The molecule has 0 saturated heterocycles. The minimum atomic E-state index is -4.43. The van der Waals surface area contributed by atoms with Crippen molar-refractivity contribution < 1.29 is 13.2 Å². The molecular weight excluding hydrogens is 303 g/mol. The van der Waals surface area contributed by atoms with Crippen LogP contribution in [0.4, 0.5) is 30.5 Å². The molecule has 2 N–H and O–H groups in total. The number of hydrogen-bond donors (Lipinski definition) is 2. The highest BCUT2D eigenvalue weighted by Gasteiger charge is 2.31. The molecule has 0 fully saturated rings. The Kier molecular flexibility index (Phi) is 4.27. The number of aryl methyl sites for hydroxylation is 1. The summed E-state index contributed by atoms with van der Waals surface area (Å²) in [6.45, 7) is 1.84. The molecule has 112 valence electrons. The van der Waals surface area contributed by atoms with E-state index in [1.165, 1.54) is 7.05 Å². The molecule has 0 atom stereocenters. The Balaban J connectivity index is 2.36. The van der Waals surface area contributed by atoms with Crippen LogP contribution >= 0.6 is 11.6 Å². The van der Waals surface area contributed by atoms with Crippen LogP contribution < -0.4 is 10.6 Å². The van der Waals surface area contributed by atoms with E-state index in [0.717, 1.165) is 17.7 Å². The first-order chi connectivity index (χ1) is 9.79. The van der Waals surface area contributed by atoms with Gasteiger partial charge in [-0.3, -0.25) is 0 Å². The van der Waals surface area contributed by atoms with Gasteiger partial charge in [0.25, 0.3) is 0 Å². The zero-order valence-corrected chi connectivity index (χ0v) is 12.1. The summed E-state index contributed by atoms with van der Waals surface area (Å²) >= 11 is 5.99. The van der Waals surface area contributed by atoms with E-state index in [1.54, 1.807) is 18.2 Å². The smallest absolute Gasteiger partial charge is 0.373 e. The highest BCUT2D eigenvalue weighted by molar-refractivity contribution is 6.31. The molecule has 0 saturated carbocycles. The monoisotopic (exact) mass is 315 g/mol. The molecule has 2 aromatic rings. The summed E-state index contributed by atoms with van der Waals surface area (Å²) in [5.74, 6) is 0.222. The number of nitrogens with one attached hydrogen (secondary N) is 2. The summed E-state index contributed by atoms with van der Waals surface area (Å²) < 4.78 is 38.5. The maximum absolute atomic E-state index is 12.8. The molecule has 0 bridgehead atoms. The van der Waals surface area contributed by atoms with Crippen molar-refractivity contribution in [2.75, 3.05) is 17.7 Å². The Hall–Kier alpha value is -1.95. The van der Waals surface area contributed by atoms with Crippen molar-refractivity contribution in [3.8, 4) is 0 Å². The molecule has 0 radical (unpaired) electrons. The first kappa shape index (κ1) is 15.4. The lowest BCUT2D eigenvalue weighted by atomic mass is 10.2. The number of hydrogen-bond acceptors (Lipinski definition) is 3. The fourth-order valence-corrected chi connectivity index (χ4v) is 1.89. The van der Waals surface area contributed by atoms with Crippen LogP contribution in [0.5, 0.6) is 0 Å². The van der Waals surface area contributed by atoms with Crippen LogP contribution in [0, 0.1) is 6.92 Å². The van der Waals surface area contributed by atoms with Crippen molar-refractivity contribution in [1.82, 2.24) is 4.98 Å². The van der Waals surface area contributed by atoms with Gasteiger partial charge in [0.2, 0.25) is 0 Å². The predicted octanol–water partition coefficient (Wildman–Crippen LogP) is 4.85. The molecular formula is C14H13ClF3N3. The molecule has 0 spiro atoms. The Morgan fingerprint density at radius 1 is 1.10 bits per heavy atom. The average molecular weight is 316 g/mol. The van der Waals surface area contributed by atoms with Gasteiger partial charge in [-0.2, -0.15) is 13.2 Å². The van der Waals surface area contributed by atoms with Crippen molar-refractivity contribution in [1.29, 1.82) is 0 Å². The van der Waals surface area contributed by atoms with E-state index in [4.69, 9.17) is 11.6 Å². The minimum absolute atomic E-state index is 0.0918. The zero-order valence-electron chi connectivity index (χ0n) is 11.3. The zero-order chi connectivity index (χ0) is 15.6. The molecule has 0 unspecified atom stereocenters. The van der Waals surface area contributed by atoms with Gasteiger partial charge < -0.3 is 10.6 Å². The minimum Gasteiger partial charge on any atom is -0.373 e. The number of pyridine rings is 1. The number of benzene rings is 1. The Morgan fingerprint density at radius 2 is 1.76 bits per heavy atom.